The van der Waals surface area contributed by atoms with Crippen molar-refractivity contribution in [2.45, 2.75) is 26.4 Å². The van der Waals surface area contributed by atoms with Crippen molar-refractivity contribution in [3.8, 4) is 0 Å². The molecule has 1 N–H and O–H groups in total. The Morgan fingerprint density at radius 2 is 2.15 bits per heavy atom. The van der Waals surface area contributed by atoms with Crippen molar-refractivity contribution in [1.29, 1.82) is 0 Å². The summed E-state index contributed by atoms with van der Waals surface area (Å²) in [4.78, 5) is 21.3. The molecule has 0 aliphatic heterocycles. The standard InChI is InChI=1S/C14H17N3O2S/c1-9(2)12-13(16-5-4-15-12)17-14(18)11-6-10(7-19-3)8-20-11/h4-6,8-9H,7H2,1-3H3,(H,16,17,18). The number of anilines is 1. The molecule has 6 heteroatoms. The van der Waals surface area contributed by atoms with Gasteiger partial charge in [0.1, 0.15) is 0 Å². The summed E-state index contributed by atoms with van der Waals surface area (Å²) in [5, 5.41) is 4.74. The number of nitrogens with zero attached hydrogens (tertiary/aromatic N) is 2. The average Bonchev–Trinajstić information content (AvgIpc) is 2.88. The number of ether oxygens (including phenoxy) is 1. The van der Waals surface area contributed by atoms with Gasteiger partial charge in [0.15, 0.2) is 5.82 Å². The van der Waals surface area contributed by atoms with E-state index in [4.69, 9.17) is 4.74 Å². The predicted molar refractivity (Wildman–Crippen MR) is 79.1 cm³/mol. The van der Waals surface area contributed by atoms with Crippen molar-refractivity contribution in [1.82, 2.24) is 9.97 Å². The summed E-state index contributed by atoms with van der Waals surface area (Å²) >= 11 is 1.39. The van der Waals surface area contributed by atoms with Crippen molar-refractivity contribution in [3.05, 3.63) is 40.0 Å². The van der Waals surface area contributed by atoms with Gasteiger partial charge >= 0.3 is 0 Å². The number of hydrogen-bond donors (Lipinski definition) is 1. The first-order valence-electron chi connectivity index (χ1n) is 6.30. The van der Waals surface area contributed by atoms with Gasteiger partial charge in [-0.2, -0.15) is 0 Å². The average molecular weight is 291 g/mol. The van der Waals surface area contributed by atoms with Gasteiger partial charge in [0.2, 0.25) is 0 Å². The number of thiophene rings is 1. The summed E-state index contributed by atoms with van der Waals surface area (Å²) in [7, 11) is 1.63. The van der Waals surface area contributed by atoms with Gasteiger partial charge in [-0.3, -0.25) is 9.78 Å². The Balaban J connectivity index is 2.15. The highest BCUT2D eigenvalue weighted by Crippen LogP contribution is 2.21. The molecular weight excluding hydrogens is 274 g/mol. The second-order valence-electron chi connectivity index (χ2n) is 4.65. The van der Waals surface area contributed by atoms with Crippen molar-refractivity contribution in [2.24, 2.45) is 0 Å². The molecule has 106 valence electrons. The van der Waals surface area contributed by atoms with Gasteiger partial charge in [-0.1, -0.05) is 13.8 Å². The molecule has 0 atom stereocenters. The zero-order chi connectivity index (χ0) is 14.5. The lowest BCUT2D eigenvalue weighted by atomic mass is 10.1. The Morgan fingerprint density at radius 1 is 1.40 bits per heavy atom. The van der Waals surface area contributed by atoms with Gasteiger partial charge in [-0.15, -0.1) is 11.3 Å². The second kappa shape index (κ2) is 6.58. The molecule has 0 saturated carbocycles. The maximum Gasteiger partial charge on any atom is 0.266 e. The number of nitrogens with one attached hydrogen (secondary N) is 1. The lowest BCUT2D eigenvalue weighted by molar-refractivity contribution is 0.102. The molecule has 0 aliphatic carbocycles. The van der Waals surface area contributed by atoms with Crippen LogP contribution in [-0.4, -0.2) is 23.0 Å². The highest BCUT2D eigenvalue weighted by atomic mass is 32.1. The summed E-state index contributed by atoms with van der Waals surface area (Å²) < 4.78 is 5.04. The molecule has 0 bridgehead atoms. The number of methoxy groups -OCH3 is 1. The summed E-state index contributed by atoms with van der Waals surface area (Å²) in [6, 6.07) is 1.83. The SMILES string of the molecule is COCc1csc(C(=O)Nc2nccnc2C(C)C)c1. The van der Waals surface area contributed by atoms with Crippen LogP contribution in [0.1, 0.15) is 40.7 Å². The molecule has 2 heterocycles. The van der Waals surface area contributed by atoms with Crippen molar-refractivity contribution < 1.29 is 9.53 Å². The van der Waals surface area contributed by atoms with Crippen LogP contribution in [0, 0.1) is 0 Å². The first-order chi connectivity index (χ1) is 9.61. The predicted octanol–water partition coefficient (Wildman–Crippen LogP) is 3.06. The molecule has 0 saturated heterocycles. The maximum atomic E-state index is 12.2. The van der Waals surface area contributed by atoms with E-state index in [2.05, 4.69) is 15.3 Å². The van der Waals surface area contributed by atoms with Crippen LogP contribution in [-0.2, 0) is 11.3 Å². The molecule has 20 heavy (non-hydrogen) atoms. The smallest absolute Gasteiger partial charge is 0.266 e. The maximum absolute atomic E-state index is 12.2. The lowest BCUT2D eigenvalue weighted by Crippen LogP contribution is -2.14. The number of rotatable bonds is 5. The molecule has 2 rings (SSSR count). The van der Waals surface area contributed by atoms with E-state index in [0.717, 1.165) is 11.3 Å². The molecule has 1 amide bonds. The summed E-state index contributed by atoms with van der Waals surface area (Å²) in [6.07, 6.45) is 3.21. The van der Waals surface area contributed by atoms with E-state index in [1.807, 2.05) is 25.3 Å². The topological polar surface area (TPSA) is 64.1 Å². The van der Waals surface area contributed by atoms with Crippen molar-refractivity contribution >= 4 is 23.1 Å². The molecular formula is C14H17N3O2S. The normalized spacial score (nSPS) is 10.8. The Labute approximate surface area is 122 Å². The molecule has 2 aromatic heterocycles. The molecule has 0 aliphatic rings. The summed E-state index contributed by atoms with van der Waals surface area (Å²) in [6.45, 7) is 4.54. The van der Waals surface area contributed by atoms with Crippen molar-refractivity contribution in [2.75, 3.05) is 12.4 Å². The quantitative estimate of drug-likeness (QED) is 0.919. The number of carbonyl (C=O) groups excluding carboxylic acids is 1. The van der Waals surface area contributed by atoms with E-state index in [1.54, 1.807) is 19.5 Å². The fourth-order valence-electron chi connectivity index (χ4n) is 1.77. The van der Waals surface area contributed by atoms with Gasteiger partial charge in [0, 0.05) is 19.5 Å². The third-order valence-electron chi connectivity index (χ3n) is 2.69. The Hall–Kier alpha value is -1.79. The van der Waals surface area contributed by atoms with Crippen LogP contribution in [0.15, 0.2) is 23.8 Å². The van der Waals surface area contributed by atoms with Gasteiger partial charge in [0.25, 0.3) is 5.91 Å². The van der Waals surface area contributed by atoms with Crippen LogP contribution in [0.2, 0.25) is 0 Å². The second-order valence-corrected chi connectivity index (χ2v) is 5.56. The number of carbonyl (C=O) groups is 1. The largest absolute Gasteiger partial charge is 0.380 e. The lowest BCUT2D eigenvalue weighted by Gasteiger charge is -2.10. The Kier molecular flexibility index (Phi) is 4.81. The van der Waals surface area contributed by atoms with E-state index in [-0.39, 0.29) is 11.8 Å². The first kappa shape index (κ1) is 14.6. The first-order valence-corrected chi connectivity index (χ1v) is 7.18. The van der Waals surface area contributed by atoms with Gasteiger partial charge in [0.05, 0.1) is 17.2 Å². The van der Waals surface area contributed by atoms with Gasteiger partial charge in [-0.25, -0.2) is 4.98 Å². The molecule has 2 aromatic rings. The third kappa shape index (κ3) is 3.40. The zero-order valence-corrected chi connectivity index (χ0v) is 12.5. The van der Waals surface area contributed by atoms with Crippen LogP contribution in [0.5, 0.6) is 0 Å². The molecule has 0 spiro atoms. The van der Waals surface area contributed by atoms with E-state index >= 15 is 0 Å². The van der Waals surface area contributed by atoms with E-state index in [1.165, 1.54) is 11.3 Å². The molecule has 0 radical (unpaired) electrons. The summed E-state index contributed by atoms with van der Waals surface area (Å²) in [5.41, 5.74) is 1.78. The van der Waals surface area contributed by atoms with Gasteiger partial charge < -0.3 is 10.1 Å². The van der Waals surface area contributed by atoms with Crippen LogP contribution in [0.4, 0.5) is 5.82 Å². The Morgan fingerprint density at radius 3 is 2.85 bits per heavy atom. The minimum atomic E-state index is -0.167. The van der Waals surface area contributed by atoms with Crippen LogP contribution >= 0.6 is 11.3 Å². The van der Waals surface area contributed by atoms with Crippen LogP contribution in [0.25, 0.3) is 0 Å². The third-order valence-corrected chi connectivity index (χ3v) is 3.67. The fraction of sp³-hybridized carbons (Fsp3) is 0.357. The van der Waals surface area contributed by atoms with Crippen molar-refractivity contribution in [3.63, 3.8) is 0 Å². The number of hydrogen-bond acceptors (Lipinski definition) is 5. The minimum Gasteiger partial charge on any atom is -0.380 e. The molecule has 0 unspecified atom stereocenters. The molecule has 0 aromatic carbocycles. The van der Waals surface area contributed by atoms with E-state index in [0.29, 0.717) is 17.3 Å². The Bertz CT molecular complexity index is 596. The minimum absolute atomic E-state index is 0.167. The molecule has 0 fully saturated rings. The monoisotopic (exact) mass is 291 g/mol. The summed E-state index contributed by atoms with van der Waals surface area (Å²) in [5.74, 6) is 0.556. The van der Waals surface area contributed by atoms with E-state index < -0.39 is 0 Å². The van der Waals surface area contributed by atoms with Gasteiger partial charge in [-0.05, 0) is 22.9 Å². The number of aromatic nitrogens is 2. The van der Waals surface area contributed by atoms with E-state index in [9.17, 15) is 4.79 Å². The molecule has 5 nitrogen and oxygen atoms in total. The fourth-order valence-corrected chi connectivity index (χ4v) is 2.57. The highest BCUT2D eigenvalue weighted by molar-refractivity contribution is 7.12. The van der Waals surface area contributed by atoms with Crippen LogP contribution in [0.3, 0.4) is 0 Å². The number of amides is 1. The van der Waals surface area contributed by atoms with Crippen LogP contribution < -0.4 is 5.32 Å². The zero-order valence-electron chi connectivity index (χ0n) is 11.7. The highest BCUT2D eigenvalue weighted by Gasteiger charge is 2.14.